The van der Waals surface area contributed by atoms with Gasteiger partial charge in [-0.3, -0.25) is 14.4 Å². The molecule has 0 aromatic heterocycles. The average molecular weight is 365 g/mol. The zero-order chi connectivity index (χ0) is 19.1. The Morgan fingerprint density at radius 3 is 2.26 bits per heavy atom. The van der Waals surface area contributed by atoms with Crippen LogP contribution >= 0.6 is 0 Å². The van der Waals surface area contributed by atoms with Crippen LogP contribution in [0.15, 0.2) is 60.7 Å². The monoisotopic (exact) mass is 365 g/mol. The molecule has 3 amide bonds. The number of nitrogens with zero attached hydrogens (tertiary/aromatic N) is 1. The van der Waals surface area contributed by atoms with E-state index in [-0.39, 0.29) is 30.1 Å². The SMILES string of the molecule is O=C(NCCNC(=O)C1CC(=O)N(Cc2ccccc2)C1)c1ccccc1. The third kappa shape index (κ3) is 5.17. The summed E-state index contributed by atoms with van der Waals surface area (Å²) in [6.45, 7) is 1.63. The van der Waals surface area contributed by atoms with Crippen molar-refractivity contribution in [1.82, 2.24) is 15.5 Å². The summed E-state index contributed by atoms with van der Waals surface area (Å²) in [5.41, 5.74) is 1.64. The molecule has 2 aromatic carbocycles. The third-order valence-corrected chi connectivity index (χ3v) is 4.55. The Morgan fingerprint density at radius 1 is 0.926 bits per heavy atom. The van der Waals surface area contributed by atoms with Crippen LogP contribution in [-0.2, 0) is 16.1 Å². The first-order chi connectivity index (χ1) is 13.1. The van der Waals surface area contributed by atoms with Crippen molar-refractivity contribution in [3.63, 3.8) is 0 Å². The second-order valence-corrected chi connectivity index (χ2v) is 6.57. The van der Waals surface area contributed by atoms with E-state index in [4.69, 9.17) is 0 Å². The van der Waals surface area contributed by atoms with Gasteiger partial charge < -0.3 is 15.5 Å². The lowest BCUT2D eigenvalue weighted by atomic mass is 10.1. The highest BCUT2D eigenvalue weighted by Crippen LogP contribution is 2.20. The highest BCUT2D eigenvalue weighted by atomic mass is 16.2. The van der Waals surface area contributed by atoms with Gasteiger partial charge in [0.1, 0.15) is 0 Å². The number of carbonyl (C=O) groups excluding carboxylic acids is 3. The van der Waals surface area contributed by atoms with Gasteiger partial charge in [0.15, 0.2) is 0 Å². The summed E-state index contributed by atoms with van der Waals surface area (Å²) < 4.78 is 0. The van der Waals surface area contributed by atoms with Crippen LogP contribution in [0.4, 0.5) is 0 Å². The number of rotatable bonds is 7. The molecule has 6 nitrogen and oxygen atoms in total. The Kier molecular flexibility index (Phi) is 6.20. The van der Waals surface area contributed by atoms with Gasteiger partial charge in [0.2, 0.25) is 11.8 Å². The van der Waals surface area contributed by atoms with E-state index in [1.54, 1.807) is 29.2 Å². The number of likely N-dealkylation sites (tertiary alicyclic amines) is 1. The molecule has 1 unspecified atom stereocenters. The number of hydrogen-bond donors (Lipinski definition) is 2. The second-order valence-electron chi connectivity index (χ2n) is 6.57. The van der Waals surface area contributed by atoms with Gasteiger partial charge in [0.05, 0.1) is 5.92 Å². The number of hydrogen-bond acceptors (Lipinski definition) is 3. The molecule has 0 radical (unpaired) electrons. The van der Waals surface area contributed by atoms with Gasteiger partial charge in [-0.1, -0.05) is 48.5 Å². The molecule has 1 heterocycles. The van der Waals surface area contributed by atoms with Crippen LogP contribution in [0.5, 0.6) is 0 Å². The van der Waals surface area contributed by atoms with Crippen molar-refractivity contribution in [3.8, 4) is 0 Å². The maximum Gasteiger partial charge on any atom is 0.251 e. The fourth-order valence-corrected chi connectivity index (χ4v) is 3.10. The van der Waals surface area contributed by atoms with Crippen molar-refractivity contribution in [2.24, 2.45) is 5.92 Å². The van der Waals surface area contributed by atoms with Crippen molar-refractivity contribution in [2.75, 3.05) is 19.6 Å². The molecule has 0 aliphatic carbocycles. The lowest BCUT2D eigenvalue weighted by Gasteiger charge is -2.16. The molecule has 6 heteroatoms. The fraction of sp³-hybridized carbons (Fsp3) is 0.286. The van der Waals surface area contributed by atoms with Crippen LogP contribution in [-0.4, -0.2) is 42.3 Å². The summed E-state index contributed by atoms with van der Waals surface area (Å²) in [5.74, 6) is -0.662. The average Bonchev–Trinajstić information content (AvgIpc) is 3.07. The molecule has 1 atom stereocenters. The Bertz CT molecular complexity index is 793. The van der Waals surface area contributed by atoms with E-state index >= 15 is 0 Å². The Balaban J connectivity index is 1.40. The minimum Gasteiger partial charge on any atom is -0.354 e. The summed E-state index contributed by atoms with van der Waals surface area (Å²) in [6.07, 6.45) is 0.231. The van der Waals surface area contributed by atoms with Crippen LogP contribution < -0.4 is 10.6 Å². The predicted octanol–water partition coefficient (Wildman–Crippen LogP) is 1.58. The molecule has 1 fully saturated rings. The molecule has 0 bridgehead atoms. The summed E-state index contributed by atoms with van der Waals surface area (Å²) in [7, 11) is 0. The first kappa shape index (κ1) is 18.6. The van der Waals surface area contributed by atoms with Crippen LogP contribution in [0.25, 0.3) is 0 Å². The van der Waals surface area contributed by atoms with E-state index < -0.39 is 0 Å². The summed E-state index contributed by atoms with van der Waals surface area (Å²) in [6, 6.07) is 18.7. The number of benzene rings is 2. The van der Waals surface area contributed by atoms with E-state index in [0.717, 1.165) is 5.56 Å². The maximum atomic E-state index is 12.3. The third-order valence-electron chi connectivity index (χ3n) is 4.55. The summed E-state index contributed by atoms with van der Waals surface area (Å²) >= 11 is 0. The first-order valence-electron chi connectivity index (χ1n) is 9.06. The molecule has 2 N–H and O–H groups in total. The molecule has 3 rings (SSSR count). The van der Waals surface area contributed by atoms with Crippen molar-refractivity contribution < 1.29 is 14.4 Å². The lowest BCUT2D eigenvalue weighted by Crippen LogP contribution is -2.38. The zero-order valence-corrected chi connectivity index (χ0v) is 15.1. The Hall–Kier alpha value is -3.15. The fourth-order valence-electron chi connectivity index (χ4n) is 3.10. The van der Waals surface area contributed by atoms with Gasteiger partial charge in [-0.05, 0) is 17.7 Å². The van der Waals surface area contributed by atoms with Crippen molar-refractivity contribution in [3.05, 3.63) is 71.8 Å². The minimum absolute atomic E-state index is 0.00335. The first-order valence-corrected chi connectivity index (χ1v) is 9.06. The summed E-state index contributed by atoms with van der Waals surface area (Å²) in [4.78, 5) is 38.1. The molecular formula is C21H23N3O3. The van der Waals surface area contributed by atoms with Gasteiger partial charge in [0, 0.05) is 38.2 Å². The lowest BCUT2D eigenvalue weighted by molar-refractivity contribution is -0.129. The van der Waals surface area contributed by atoms with Crippen LogP contribution in [0, 0.1) is 5.92 Å². The molecule has 1 aliphatic rings. The van der Waals surface area contributed by atoms with Gasteiger partial charge in [-0.25, -0.2) is 0 Å². The smallest absolute Gasteiger partial charge is 0.251 e. The van der Waals surface area contributed by atoms with Gasteiger partial charge in [0.25, 0.3) is 5.91 Å². The van der Waals surface area contributed by atoms with Crippen LogP contribution in [0.3, 0.4) is 0 Å². The summed E-state index contributed by atoms with van der Waals surface area (Å²) in [5, 5.41) is 5.57. The van der Waals surface area contributed by atoms with E-state index in [2.05, 4.69) is 10.6 Å². The topological polar surface area (TPSA) is 78.5 Å². The normalized spacial score (nSPS) is 16.2. The largest absolute Gasteiger partial charge is 0.354 e. The zero-order valence-electron chi connectivity index (χ0n) is 15.1. The van der Waals surface area contributed by atoms with Gasteiger partial charge in [-0.15, -0.1) is 0 Å². The van der Waals surface area contributed by atoms with Crippen molar-refractivity contribution in [2.45, 2.75) is 13.0 Å². The minimum atomic E-state index is -0.342. The maximum absolute atomic E-state index is 12.3. The van der Waals surface area contributed by atoms with Crippen LogP contribution in [0.2, 0.25) is 0 Å². The quantitative estimate of drug-likeness (QED) is 0.732. The highest BCUT2D eigenvalue weighted by Gasteiger charge is 2.33. The number of carbonyl (C=O) groups is 3. The Labute approximate surface area is 158 Å². The molecule has 0 saturated carbocycles. The van der Waals surface area contributed by atoms with Gasteiger partial charge >= 0.3 is 0 Å². The number of amides is 3. The molecule has 140 valence electrons. The molecular weight excluding hydrogens is 342 g/mol. The number of nitrogens with one attached hydrogen (secondary N) is 2. The molecule has 2 aromatic rings. The predicted molar refractivity (Wildman–Crippen MR) is 102 cm³/mol. The molecule has 1 aliphatic heterocycles. The van der Waals surface area contributed by atoms with Crippen molar-refractivity contribution >= 4 is 17.7 Å². The van der Waals surface area contributed by atoms with E-state index in [0.29, 0.717) is 31.7 Å². The van der Waals surface area contributed by atoms with E-state index in [9.17, 15) is 14.4 Å². The molecule has 1 saturated heterocycles. The van der Waals surface area contributed by atoms with Crippen molar-refractivity contribution in [1.29, 1.82) is 0 Å². The standard InChI is InChI=1S/C21H23N3O3/c25-19-13-18(15-24(19)14-16-7-3-1-4-8-16)21(27)23-12-11-22-20(26)17-9-5-2-6-10-17/h1-10,18H,11-15H2,(H,22,26)(H,23,27). The van der Waals surface area contributed by atoms with E-state index in [1.807, 2.05) is 36.4 Å². The van der Waals surface area contributed by atoms with Crippen LogP contribution in [0.1, 0.15) is 22.3 Å². The highest BCUT2D eigenvalue weighted by molar-refractivity contribution is 5.94. The van der Waals surface area contributed by atoms with Gasteiger partial charge in [-0.2, -0.15) is 0 Å². The van der Waals surface area contributed by atoms with E-state index in [1.165, 1.54) is 0 Å². The Morgan fingerprint density at radius 2 is 1.56 bits per heavy atom. The molecule has 27 heavy (non-hydrogen) atoms. The molecule has 0 spiro atoms. The second kappa shape index (κ2) is 8.98.